The lowest BCUT2D eigenvalue weighted by molar-refractivity contribution is -0.117. The largest absolute Gasteiger partial charge is 0.346 e. The summed E-state index contributed by atoms with van der Waals surface area (Å²) in [6.45, 7) is 3.68. The average molecular weight is 379 g/mol. The van der Waals surface area contributed by atoms with Crippen LogP contribution < -0.4 is 16.0 Å². The minimum atomic E-state index is -0.216. The zero-order valence-electron chi connectivity index (χ0n) is 16.1. The number of benzene rings is 2. The summed E-state index contributed by atoms with van der Waals surface area (Å²) in [5, 5.41) is 8.61. The summed E-state index contributed by atoms with van der Waals surface area (Å²) in [5.41, 5.74) is 2.78. The Morgan fingerprint density at radius 1 is 1.00 bits per heavy atom. The van der Waals surface area contributed by atoms with Gasteiger partial charge in [-0.3, -0.25) is 14.4 Å². The summed E-state index contributed by atoms with van der Waals surface area (Å²) in [5.74, 6) is -0.0779. The second kappa shape index (κ2) is 8.69. The molecule has 0 aromatic heterocycles. The fraction of sp³-hybridized carbons (Fsp3) is 0.318. The van der Waals surface area contributed by atoms with Crippen LogP contribution in [0.4, 0.5) is 11.4 Å². The highest BCUT2D eigenvalue weighted by atomic mass is 16.2. The van der Waals surface area contributed by atoms with Gasteiger partial charge in [-0.15, -0.1) is 0 Å². The van der Waals surface area contributed by atoms with Gasteiger partial charge in [-0.1, -0.05) is 25.1 Å². The molecule has 1 aliphatic rings. The first-order valence-electron chi connectivity index (χ1n) is 9.58. The van der Waals surface area contributed by atoms with Crippen molar-refractivity contribution in [2.45, 2.75) is 39.2 Å². The van der Waals surface area contributed by atoms with E-state index in [0.29, 0.717) is 17.7 Å². The maximum absolute atomic E-state index is 12.5. The smallest absolute Gasteiger partial charge is 0.251 e. The van der Waals surface area contributed by atoms with Crippen LogP contribution in [0.3, 0.4) is 0 Å². The van der Waals surface area contributed by atoms with E-state index < -0.39 is 0 Å². The summed E-state index contributed by atoms with van der Waals surface area (Å²) in [4.78, 5) is 35.9. The van der Waals surface area contributed by atoms with Gasteiger partial charge in [0.05, 0.1) is 6.04 Å². The molecule has 2 aromatic rings. The van der Waals surface area contributed by atoms with Crippen molar-refractivity contribution in [1.29, 1.82) is 0 Å². The van der Waals surface area contributed by atoms with E-state index in [4.69, 9.17) is 0 Å². The predicted molar refractivity (Wildman–Crippen MR) is 109 cm³/mol. The second-order valence-corrected chi connectivity index (χ2v) is 7.06. The summed E-state index contributed by atoms with van der Waals surface area (Å²) < 4.78 is 0. The Labute approximate surface area is 164 Å². The van der Waals surface area contributed by atoms with E-state index in [0.717, 1.165) is 24.1 Å². The van der Waals surface area contributed by atoms with E-state index >= 15 is 0 Å². The number of hydrogen-bond donors (Lipinski definition) is 3. The van der Waals surface area contributed by atoms with Crippen LogP contribution in [0, 0.1) is 5.92 Å². The van der Waals surface area contributed by atoms with Crippen LogP contribution in [0.1, 0.15) is 55.1 Å². The molecule has 2 aromatic carbocycles. The van der Waals surface area contributed by atoms with E-state index in [1.165, 1.54) is 0 Å². The third-order valence-electron chi connectivity index (χ3n) is 4.70. The molecular formula is C22H25N3O3. The first-order chi connectivity index (χ1) is 13.5. The van der Waals surface area contributed by atoms with E-state index in [-0.39, 0.29) is 29.7 Å². The Morgan fingerprint density at radius 2 is 1.71 bits per heavy atom. The van der Waals surface area contributed by atoms with Crippen LogP contribution in [0.15, 0.2) is 48.5 Å². The lowest BCUT2D eigenvalue weighted by Gasteiger charge is -2.15. The number of hydrogen-bond acceptors (Lipinski definition) is 3. The summed E-state index contributed by atoms with van der Waals surface area (Å²) in [6.07, 6.45) is 2.32. The number of rotatable bonds is 7. The van der Waals surface area contributed by atoms with Crippen molar-refractivity contribution in [1.82, 2.24) is 5.32 Å². The second-order valence-electron chi connectivity index (χ2n) is 7.06. The molecule has 146 valence electrons. The van der Waals surface area contributed by atoms with Crippen molar-refractivity contribution in [2.75, 3.05) is 10.6 Å². The van der Waals surface area contributed by atoms with E-state index in [2.05, 4.69) is 16.0 Å². The normalized spacial score (nSPS) is 14.1. The molecule has 0 saturated heterocycles. The first-order valence-corrected chi connectivity index (χ1v) is 9.58. The molecule has 0 heterocycles. The molecule has 3 rings (SSSR count). The molecule has 6 heteroatoms. The topological polar surface area (TPSA) is 87.3 Å². The fourth-order valence-electron chi connectivity index (χ4n) is 2.80. The SMILES string of the molecule is CCC(=O)Nc1cccc(C(=O)NC(C)c2ccc(NC(=O)C3CC3)cc2)c1. The third-order valence-corrected chi connectivity index (χ3v) is 4.70. The summed E-state index contributed by atoms with van der Waals surface area (Å²) in [7, 11) is 0. The molecule has 6 nitrogen and oxygen atoms in total. The Kier molecular flexibility index (Phi) is 6.09. The molecule has 1 unspecified atom stereocenters. The quantitative estimate of drug-likeness (QED) is 0.682. The van der Waals surface area contributed by atoms with Gasteiger partial charge in [-0.05, 0) is 55.7 Å². The molecule has 1 fully saturated rings. The molecule has 1 saturated carbocycles. The van der Waals surface area contributed by atoms with Crippen LogP contribution >= 0.6 is 0 Å². The van der Waals surface area contributed by atoms with Gasteiger partial charge in [0.15, 0.2) is 0 Å². The van der Waals surface area contributed by atoms with Gasteiger partial charge >= 0.3 is 0 Å². The Morgan fingerprint density at radius 3 is 2.36 bits per heavy atom. The minimum Gasteiger partial charge on any atom is -0.346 e. The van der Waals surface area contributed by atoms with Crippen molar-refractivity contribution in [3.05, 3.63) is 59.7 Å². The maximum atomic E-state index is 12.5. The Hall–Kier alpha value is -3.15. The Balaban J connectivity index is 1.59. The summed E-state index contributed by atoms with van der Waals surface area (Å²) in [6, 6.07) is 14.1. The number of nitrogens with one attached hydrogen (secondary N) is 3. The highest BCUT2D eigenvalue weighted by Gasteiger charge is 2.29. The predicted octanol–water partition coefficient (Wildman–Crippen LogP) is 3.87. The lowest BCUT2D eigenvalue weighted by Crippen LogP contribution is -2.26. The van der Waals surface area contributed by atoms with Gasteiger partial charge in [0.2, 0.25) is 11.8 Å². The highest BCUT2D eigenvalue weighted by molar-refractivity contribution is 5.97. The molecule has 0 bridgehead atoms. The van der Waals surface area contributed by atoms with E-state index in [1.807, 2.05) is 31.2 Å². The highest BCUT2D eigenvalue weighted by Crippen LogP contribution is 2.30. The molecule has 0 aliphatic heterocycles. The van der Waals surface area contributed by atoms with Crippen molar-refractivity contribution < 1.29 is 14.4 Å². The number of carbonyl (C=O) groups excluding carboxylic acids is 3. The van der Waals surface area contributed by atoms with Crippen LogP contribution in [-0.4, -0.2) is 17.7 Å². The third kappa shape index (κ3) is 5.19. The molecule has 28 heavy (non-hydrogen) atoms. The monoisotopic (exact) mass is 379 g/mol. The maximum Gasteiger partial charge on any atom is 0.251 e. The van der Waals surface area contributed by atoms with Gasteiger partial charge in [0.1, 0.15) is 0 Å². The molecule has 1 aliphatic carbocycles. The zero-order valence-corrected chi connectivity index (χ0v) is 16.1. The van der Waals surface area contributed by atoms with Crippen molar-refractivity contribution >= 4 is 29.1 Å². The first kappa shape index (κ1) is 19.6. The van der Waals surface area contributed by atoms with Crippen LogP contribution in [0.25, 0.3) is 0 Å². The van der Waals surface area contributed by atoms with Crippen molar-refractivity contribution in [3.8, 4) is 0 Å². The molecule has 0 radical (unpaired) electrons. The fourth-order valence-corrected chi connectivity index (χ4v) is 2.80. The van der Waals surface area contributed by atoms with Crippen LogP contribution in [0.5, 0.6) is 0 Å². The molecule has 3 amide bonds. The van der Waals surface area contributed by atoms with E-state index in [9.17, 15) is 14.4 Å². The van der Waals surface area contributed by atoms with Crippen LogP contribution in [0.2, 0.25) is 0 Å². The zero-order chi connectivity index (χ0) is 20.1. The lowest BCUT2D eigenvalue weighted by atomic mass is 10.1. The van der Waals surface area contributed by atoms with Crippen molar-refractivity contribution in [2.24, 2.45) is 5.92 Å². The summed E-state index contributed by atoms with van der Waals surface area (Å²) >= 11 is 0. The van der Waals surface area contributed by atoms with Gasteiger partial charge < -0.3 is 16.0 Å². The standard InChI is InChI=1S/C22H25N3O3/c1-3-20(26)24-19-6-4-5-17(13-19)22(28)23-14(2)15-9-11-18(12-10-15)25-21(27)16-7-8-16/h4-6,9-14,16H,3,7-8H2,1-2H3,(H,23,28)(H,24,26)(H,25,27). The Bertz CT molecular complexity index is 873. The van der Waals surface area contributed by atoms with Crippen molar-refractivity contribution in [3.63, 3.8) is 0 Å². The van der Waals surface area contributed by atoms with E-state index in [1.54, 1.807) is 31.2 Å². The number of anilines is 2. The van der Waals surface area contributed by atoms with Crippen LogP contribution in [-0.2, 0) is 9.59 Å². The van der Waals surface area contributed by atoms with Gasteiger partial charge in [-0.25, -0.2) is 0 Å². The van der Waals surface area contributed by atoms with Gasteiger partial charge in [0, 0.05) is 29.3 Å². The minimum absolute atomic E-state index is 0.0733. The molecule has 0 spiro atoms. The average Bonchev–Trinajstić information content (AvgIpc) is 3.54. The molecule has 1 atom stereocenters. The molecular weight excluding hydrogens is 354 g/mol. The number of carbonyl (C=O) groups is 3. The van der Waals surface area contributed by atoms with Gasteiger partial charge in [-0.2, -0.15) is 0 Å². The van der Waals surface area contributed by atoms with Gasteiger partial charge in [0.25, 0.3) is 5.91 Å². The number of amides is 3. The molecule has 3 N–H and O–H groups in total.